The monoisotopic (exact) mass is 411 g/mol. The molecule has 0 radical (unpaired) electrons. The first-order chi connectivity index (χ1) is 14.2. The van der Waals surface area contributed by atoms with Crippen LogP contribution in [0, 0.1) is 5.82 Å². The van der Waals surface area contributed by atoms with Gasteiger partial charge >= 0.3 is 6.03 Å². The smallest absolute Gasteiger partial charge is 0.325 e. The number of rotatable bonds is 7. The van der Waals surface area contributed by atoms with Gasteiger partial charge in [-0.1, -0.05) is 30.8 Å². The lowest BCUT2D eigenvalue weighted by Gasteiger charge is -2.22. The van der Waals surface area contributed by atoms with Gasteiger partial charge in [0, 0.05) is 0 Å². The van der Waals surface area contributed by atoms with E-state index in [9.17, 15) is 18.8 Å². The van der Waals surface area contributed by atoms with Crippen molar-refractivity contribution in [2.75, 3.05) is 18.5 Å². The highest BCUT2D eigenvalue weighted by Crippen LogP contribution is 2.30. The van der Waals surface area contributed by atoms with E-state index < -0.39 is 35.7 Å². The Balaban J connectivity index is 1.70. The molecule has 0 bridgehead atoms. The number of carbonyl (C=O) groups excluding carboxylic acids is 3. The molecule has 1 saturated heterocycles. The summed E-state index contributed by atoms with van der Waals surface area (Å²) in [5.41, 5.74) is 0.0548. The lowest BCUT2D eigenvalue weighted by atomic mass is 9.92. The molecule has 2 aromatic carbocycles. The molecular weight excluding hydrogens is 389 g/mol. The zero-order valence-corrected chi connectivity index (χ0v) is 16.7. The number of carbonyl (C=O) groups is 3. The summed E-state index contributed by atoms with van der Waals surface area (Å²) in [6.07, 6.45) is 0. The first-order valence-corrected chi connectivity index (χ1v) is 9.27. The van der Waals surface area contributed by atoms with Gasteiger partial charge in [0.25, 0.3) is 5.91 Å². The molecule has 7 nitrogen and oxygen atoms in total. The Morgan fingerprint density at radius 3 is 2.50 bits per heavy atom. The number of anilines is 1. The van der Waals surface area contributed by atoms with E-state index in [0.717, 1.165) is 10.5 Å². The number of urea groups is 1. The molecular formula is C22H22FN3O4. The summed E-state index contributed by atoms with van der Waals surface area (Å²) in [6, 6.07) is 11.7. The van der Waals surface area contributed by atoms with Crippen LogP contribution in [-0.4, -0.2) is 35.9 Å². The number of benzene rings is 2. The second-order valence-electron chi connectivity index (χ2n) is 7.24. The van der Waals surface area contributed by atoms with E-state index in [-0.39, 0.29) is 5.69 Å². The van der Waals surface area contributed by atoms with Crippen LogP contribution in [0.15, 0.2) is 60.7 Å². The summed E-state index contributed by atoms with van der Waals surface area (Å²) < 4.78 is 19.2. The molecule has 1 unspecified atom stereocenters. The second-order valence-corrected chi connectivity index (χ2v) is 7.24. The van der Waals surface area contributed by atoms with Crippen LogP contribution < -0.4 is 15.4 Å². The Bertz CT molecular complexity index is 1010. The second kappa shape index (κ2) is 8.36. The van der Waals surface area contributed by atoms with E-state index in [1.54, 1.807) is 37.3 Å². The molecule has 4 amide bonds. The van der Waals surface area contributed by atoms with Crippen molar-refractivity contribution in [3.8, 4) is 5.75 Å². The van der Waals surface area contributed by atoms with Crippen LogP contribution in [0.1, 0.15) is 19.4 Å². The fraction of sp³-hybridized carbons (Fsp3) is 0.227. The predicted molar refractivity (Wildman–Crippen MR) is 109 cm³/mol. The third-order valence-electron chi connectivity index (χ3n) is 4.64. The van der Waals surface area contributed by atoms with E-state index in [1.807, 2.05) is 6.92 Å². The van der Waals surface area contributed by atoms with Crippen LogP contribution in [-0.2, 0) is 15.1 Å². The Morgan fingerprint density at radius 1 is 1.20 bits per heavy atom. The van der Waals surface area contributed by atoms with Gasteiger partial charge in [-0.05, 0) is 49.2 Å². The van der Waals surface area contributed by atoms with Crippen LogP contribution in [0.3, 0.4) is 0 Å². The molecule has 2 N–H and O–H groups in total. The lowest BCUT2D eigenvalue weighted by molar-refractivity contribution is -0.133. The highest BCUT2D eigenvalue weighted by molar-refractivity contribution is 6.10. The zero-order valence-electron chi connectivity index (χ0n) is 16.7. The predicted octanol–water partition coefficient (Wildman–Crippen LogP) is 3.19. The van der Waals surface area contributed by atoms with Crippen molar-refractivity contribution in [1.29, 1.82) is 0 Å². The SMILES string of the molecule is C=C(C)COc1ccc(C2(C)NC(=O)N(CC(=O)Nc3ccccc3F)C2=O)cc1. The van der Waals surface area contributed by atoms with Crippen molar-refractivity contribution in [1.82, 2.24) is 10.2 Å². The summed E-state index contributed by atoms with van der Waals surface area (Å²) in [5, 5.41) is 4.99. The van der Waals surface area contributed by atoms with Crippen molar-refractivity contribution in [3.05, 3.63) is 72.1 Å². The number of ether oxygens (including phenoxy) is 1. The first kappa shape index (κ1) is 21.0. The van der Waals surface area contributed by atoms with Gasteiger partial charge in [0.15, 0.2) is 0 Å². The molecule has 2 aromatic rings. The van der Waals surface area contributed by atoms with Crippen molar-refractivity contribution >= 4 is 23.5 Å². The van der Waals surface area contributed by atoms with Crippen LogP contribution >= 0.6 is 0 Å². The standard InChI is InChI=1S/C22H22FN3O4/c1-14(2)13-30-16-10-8-15(9-11-16)22(3)20(28)26(21(29)25-22)12-19(27)24-18-7-5-4-6-17(18)23/h4-11H,1,12-13H2,2-3H3,(H,24,27)(H,25,29). The van der Waals surface area contributed by atoms with E-state index in [4.69, 9.17) is 4.74 Å². The van der Waals surface area contributed by atoms with Crippen LogP contribution in [0.2, 0.25) is 0 Å². The van der Waals surface area contributed by atoms with Gasteiger partial charge in [0.2, 0.25) is 5.91 Å². The number of para-hydroxylation sites is 1. The molecule has 1 aliphatic rings. The quantitative estimate of drug-likeness (QED) is 0.541. The lowest BCUT2D eigenvalue weighted by Crippen LogP contribution is -2.42. The summed E-state index contributed by atoms with van der Waals surface area (Å²) in [7, 11) is 0. The third kappa shape index (κ3) is 4.32. The first-order valence-electron chi connectivity index (χ1n) is 9.27. The fourth-order valence-electron chi connectivity index (χ4n) is 3.02. The van der Waals surface area contributed by atoms with Gasteiger partial charge < -0.3 is 15.4 Å². The van der Waals surface area contributed by atoms with E-state index in [2.05, 4.69) is 17.2 Å². The summed E-state index contributed by atoms with van der Waals surface area (Å²) in [6.45, 7) is 7.01. The van der Waals surface area contributed by atoms with Gasteiger partial charge in [-0.3, -0.25) is 14.5 Å². The maximum Gasteiger partial charge on any atom is 0.325 e. The normalized spacial score (nSPS) is 18.2. The molecule has 8 heteroatoms. The third-order valence-corrected chi connectivity index (χ3v) is 4.64. The van der Waals surface area contributed by atoms with Crippen molar-refractivity contribution in [2.24, 2.45) is 0 Å². The molecule has 0 spiro atoms. The van der Waals surface area contributed by atoms with Gasteiger partial charge in [0.1, 0.15) is 30.3 Å². The minimum atomic E-state index is -1.33. The average Bonchev–Trinajstić information content (AvgIpc) is 2.92. The number of imide groups is 1. The maximum atomic E-state index is 13.7. The number of nitrogens with one attached hydrogen (secondary N) is 2. The van der Waals surface area contributed by atoms with E-state index >= 15 is 0 Å². The summed E-state index contributed by atoms with van der Waals surface area (Å²) in [4.78, 5) is 38.4. The molecule has 0 saturated carbocycles. The molecule has 156 valence electrons. The van der Waals surface area contributed by atoms with Gasteiger partial charge in [-0.25, -0.2) is 9.18 Å². The highest BCUT2D eigenvalue weighted by atomic mass is 19.1. The van der Waals surface area contributed by atoms with E-state index in [1.165, 1.54) is 18.2 Å². The minimum Gasteiger partial charge on any atom is -0.489 e. The largest absolute Gasteiger partial charge is 0.489 e. The van der Waals surface area contributed by atoms with Crippen molar-refractivity contribution in [3.63, 3.8) is 0 Å². The zero-order chi connectivity index (χ0) is 21.9. The van der Waals surface area contributed by atoms with Crippen LogP contribution in [0.5, 0.6) is 5.75 Å². The maximum absolute atomic E-state index is 13.7. The van der Waals surface area contributed by atoms with E-state index in [0.29, 0.717) is 17.9 Å². The van der Waals surface area contributed by atoms with Gasteiger partial charge in [0.05, 0.1) is 5.69 Å². The minimum absolute atomic E-state index is 0.0253. The Hall–Kier alpha value is -3.68. The Kier molecular flexibility index (Phi) is 5.86. The molecule has 1 atom stereocenters. The average molecular weight is 411 g/mol. The summed E-state index contributed by atoms with van der Waals surface area (Å²) >= 11 is 0. The molecule has 1 aliphatic heterocycles. The highest BCUT2D eigenvalue weighted by Gasteiger charge is 2.49. The number of amides is 4. The summed E-state index contributed by atoms with van der Waals surface area (Å²) in [5.74, 6) is -1.27. The van der Waals surface area contributed by atoms with Crippen LogP contribution in [0.25, 0.3) is 0 Å². The number of halogens is 1. The topological polar surface area (TPSA) is 87.7 Å². The molecule has 0 aliphatic carbocycles. The molecule has 30 heavy (non-hydrogen) atoms. The number of hydrogen-bond donors (Lipinski definition) is 2. The number of nitrogens with zero attached hydrogens (tertiary/aromatic N) is 1. The molecule has 1 heterocycles. The van der Waals surface area contributed by atoms with Gasteiger partial charge in [-0.15, -0.1) is 0 Å². The Labute approximate surface area is 173 Å². The molecule has 3 rings (SSSR count). The van der Waals surface area contributed by atoms with Crippen molar-refractivity contribution in [2.45, 2.75) is 19.4 Å². The Morgan fingerprint density at radius 2 is 1.87 bits per heavy atom. The molecule has 0 aromatic heterocycles. The van der Waals surface area contributed by atoms with Crippen molar-refractivity contribution < 1.29 is 23.5 Å². The van der Waals surface area contributed by atoms with Gasteiger partial charge in [-0.2, -0.15) is 0 Å². The fourth-order valence-corrected chi connectivity index (χ4v) is 3.02. The number of hydrogen-bond acceptors (Lipinski definition) is 4. The molecule has 1 fully saturated rings. The van der Waals surface area contributed by atoms with Crippen LogP contribution in [0.4, 0.5) is 14.9 Å².